The van der Waals surface area contributed by atoms with Crippen LogP contribution in [0.25, 0.3) is 10.2 Å². The number of nitro benzene ring substituents is 1. The standard InChI is InChI=1S/C18H17N5O3S2/c24-17(12-27-16-3-1-2-6-19-16)21-7-9-22(10-8-21)18-20-14-5-4-13(23(25)26)11-15(14)28-18/h1-6,11H,7-10,12H2. The average Bonchev–Trinajstić information content (AvgIpc) is 3.16. The number of carbonyl (C=O) groups is 1. The normalized spacial score (nSPS) is 14.4. The molecule has 2 aromatic heterocycles. The third-order valence-corrected chi connectivity index (χ3v) is 6.46. The van der Waals surface area contributed by atoms with E-state index in [9.17, 15) is 14.9 Å². The van der Waals surface area contributed by atoms with E-state index in [4.69, 9.17) is 0 Å². The summed E-state index contributed by atoms with van der Waals surface area (Å²) in [5.41, 5.74) is 0.833. The van der Waals surface area contributed by atoms with Crippen LogP contribution in [-0.4, -0.2) is 57.6 Å². The fraction of sp³-hybridized carbons (Fsp3) is 0.278. The van der Waals surface area contributed by atoms with Crippen LogP contribution >= 0.6 is 23.1 Å². The zero-order valence-electron chi connectivity index (χ0n) is 14.9. The van der Waals surface area contributed by atoms with Gasteiger partial charge in [-0.3, -0.25) is 14.9 Å². The number of benzene rings is 1. The summed E-state index contributed by atoms with van der Waals surface area (Å²) < 4.78 is 0.800. The average molecular weight is 416 g/mol. The molecule has 0 bridgehead atoms. The van der Waals surface area contributed by atoms with E-state index in [-0.39, 0.29) is 11.6 Å². The maximum atomic E-state index is 12.4. The van der Waals surface area contributed by atoms with Gasteiger partial charge in [-0.1, -0.05) is 29.2 Å². The number of thioether (sulfide) groups is 1. The summed E-state index contributed by atoms with van der Waals surface area (Å²) in [7, 11) is 0. The van der Waals surface area contributed by atoms with E-state index in [1.165, 1.54) is 29.2 Å². The van der Waals surface area contributed by atoms with Crippen molar-refractivity contribution in [3.05, 3.63) is 52.7 Å². The maximum absolute atomic E-state index is 12.4. The van der Waals surface area contributed by atoms with Crippen molar-refractivity contribution in [3.8, 4) is 0 Å². The van der Waals surface area contributed by atoms with E-state index in [0.29, 0.717) is 31.9 Å². The summed E-state index contributed by atoms with van der Waals surface area (Å²) >= 11 is 2.89. The Bertz CT molecular complexity index is 1000. The summed E-state index contributed by atoms with van der Waals surface area (Å²) in [6.07, 6.45) is 1.72. The molecule has 1 aromatic carbocycles. The van der Waals surface area contributed by atoms with Gasteiger partial charge in [-0.25, -0.2) is 9.97 Å². The minimum Gasteiger partial charge on any atom is -0.345 e. The number of pyridine rings is 1. The highest BCUT2D eigenvalue weighted by Gasteiger charge is 2.23. The van der Waals surface area contributed by atoms with Crippen molar-refractivity contribution < 1.29 is 9.72 Å². The number of hydrogen-bond acceptors (Lipinski definition) is 8. The van der Waals surface area contributed by atoms with Crippen LogP contribution in [0.4, 0.5) is 10.8 Å². The summed E-state index contributed by atoms with van der Waals surface area (Å²) in [5, 5.41) is 12.6. The molecule has 3 aromatic rings. The molecule has 28 heavy (non-hydrogen) atoms. The first kappa shape index (κ1) is 18.6. The molecule has 0 spiro atoms. The van der Waals surface area contributed by atoms with Crippen LogP contribution in [0.2, 0.25) is 0 Å². The van der Waals surface area contributed by atoms with Crippen molar-refractivity contribution in [1.29, 1.82) is 0 Å². The number of amides is 1. The number of fused-ring (bicyclic) bond motifs is 1. The molecule has 8 nitrogen and oxygen atoms in total. The number of nitrogens with zero attached hydrogens (tertiary/aromatic N) is 5. The topological polar surface area (TPSA) is 92.5 Å². The van der Waals surface area contributed by atoms with Crippen LogP contribution < -0.4 is 4.90 Å². The highest BCUT2D eigenvalue weighted by Crippen LogP contribution is 2.31. The Labute approximate surface area is 169 Å². The summed E-state index contributed by atoms with van der Waals surface area (Å²) in [5.74, 6) is 0.483. The minimum atomic E-state index is -0.397. The lowest BCUT2D eigenvalue weighted by Crippen LogP contribution is -2.49. The van der Waals surface area contributed by atoms with Gasteiger partial charge in [-0.15, -0.1) is 0 Å². The van der Waals surface area contributed by atoms with Gasteiger partial charge in [0.15, 0.2) is 5.13 Å². The maximum Gasteiger partial charge on any atom is 0.270 e. The van der Waals surface area contributed by atoms with Gasteiger partial charge < -0.3 is 9.80 Å². The van der Waals surface area contributed by atoms with Gasteiger partial charge in [0, 0.05) is 44.5 Å². The molecule has 0 radical (unpaired) electrons. The van der Waals surface area contributed by atoms with E-state index in [2.05, 4.69) is 14.9 Å². The number of hydrogen-bond donors (Lipinski definition) is 0. The minimum absolute atomic E-state index is 0.0727. The SMILES string of the molecule is O=C(CSc1ccccn1)N1CCN(c2nc3ccc([N+](=O)[O-])cc3s2)CC1. The predicted molar refractivity (Wildman–Crippen MR) is 110 cm³/mol. The highest BCUT2D eigenvalue weighted by atomic mass is 32.2. The van der Waals surface area contributed by atoms with Crippen LogP contribution in [0.1, 0.15) is 0 Å². The Hall–Kier alpha value is -2.72. The van der Waals surface area contributed by atoms with Gasteiger partial charge in [0.1, 0.15) is 0 Å². The highest BCUT2D eigenvalue weighted by molar-refractivity contribution is 7.99. The first-order valence-electron chi connectivity index (χ1n) is 8.72. The van der Waals surface area contributed by atoms with Crippen LogP contribution in [0.15, 0.2) is 47.6 Å². The van der Waals surface area contributed by atoms with Gasteiger partial charge in [-0.05, 0) is 18.2 Å². The number of aromatic nitrogens is 2. The molecular formula is C18H17N5O3S2. The molecule has 0 saturated carbocycles. The van der Waals surface area contributed by atoms with Gasteiger partial charge >= 0.3 is 0 Å². The second kappa shape index (κ2) is 8.11. The van der Waals surface area contributed by atoms with Crippen molar-refractivity contribution in [1.82, 2.24) is 14.9 Å². The number of nitro groups is 1. The summed E-state index contributed by atoms with van der Waals surface area (Å²) in [4.78, 5) is 35.8. The molecule has 144 valence electrons. The Morgan fingerprint density at radius 2 is 2.04 bits per heavy atom. The van der Waals surface area contributed by atoms with Crippen molar-refractivity contribution in [2.75, 3.05) is 36.8 Å². The Morgan fingerprint density at radius 3 is 2.75 bits per heavy atom. The second-order valence-corrected chi connectivity index (χ2v) is 8.23. The monoisotopic (exact) mass is 415 g/mol. The van der Waals surface area contributed by atoms with Crippen molar-refractivity contribution in [2.45, 2.75) is 5.03 Å². The summed E-state index contributed by atoms with van der Waals surface area (Å²) in [6.45, 7) is 2.67. The molecular weight excluding hydrogens is 398 g/mol. The lowest BCUT2D eigenvalue weighted by molar-refractivity contribution is -0.384. The van der Waals surface area contributed by atoms with Crippen molar-refractivity contribution >= 4 is 50.0 Å². The molecule has 1 aliphatic heterocycles. The van der Waals surface area contributed by atoms with Crippen LogP contribution in [-0.2, 0) is 4.79 Å². The zero-order chi connectivity index (χ0) is 19.5. The van der Waals surface area contributed by atoms with Gasteiger partial charge in [0.05, 0.1) is 25.9 Å². The van der Waals surface area contributed by atoms with Gasteiger partial charge in [0.25, 0.3) is 5.69 Å². The van der Waals surface area contributed by atoms with E-state index >= 15 is 0 Å². The molecule has 1 fully saturated rings. The molecule has 3 heterocycles. The van der Waals surface area contributed by atoms with E-state index in [1.807, 2.05) is 23.1 Å². The molecule has 0 atom stereocenters. The molecule has 1 amide bonds. The molecule has 1 aliphatic rings. The zero-order valence-corrected chi connectivity index (χ0v) is 16.5. The predicted octanol–water partition coefficient (Wildman–Crippen LogP) is 3.04. The number of carbonyl (C=O) groups excluding carboxylic acids is 1. The molecule has 1 saturated heterocycles. The quantitative estimate of drug-likeness (QED) is 0.359. The lowest BCUT2D eigenvalue weighted by atomic mass is 10.3. The van der Waals surface area contributed by atoms with Gasteiger partial charge in [0.2, 0.25) is 5.91 Å². The van der Waals surface area contributed by atoms with E-state index < -0.39 is 4.92 Å². The Morgan fingerprint density at radius 1 is 1.21 bits per heavy atom. The third kappa shape index (κ3) is 4.07. The number of piperazine rings is 1. The summed E-state index contributed by atoms with van der Waals surface area (Å²) in [6, 6.07) is 10.4. The lowest BCUT2D eigenvalue weighted by Gasteiger charge is -2.34. The molecule has 0 aliphatic carbocycles. The first-order valence-corrected chi connectivity index (χ1v) is 10.5. The number of thiazole rings is 1. The number of anilines is 1. The molecule has 0 N–H and O–H groups in total. The number of rotatable bonds is 5. The molecule has 10 heteroatoms. The van der Waals surface area contributed by atoms with Crippen molar-refractivity contribution in [2.24, 2.45) is 0 Å². The largest absolute Gasteiger partial charge is 0.345 e. The third-order valence-electron chi connectivity index (χ3n) is 4.46. The van der Waals surface area contributed by atoms with Crippen LogP contribution in [0.3, 0.4) is 0 Å². The fourth-order valence-electron chi connectivity index (χ4n) is 2.96. The van der Waals surface area contributed by atoms with E-state index in [0.717, 1.165) is 20.4 Å². The Balaban J connectivity index is 1.35. The Kier molecular flexibility index (Phi) is 5.40. The smallest absolute Gasteiger partial charge is 0.270 e. The van der Waals surface area contributed by atoms with Crippen LogP contribution in [0, 0.1) is 10.1 Å². The second-order valence-electron chi connectivity index (χ2n) is 6.23. The van der Waals surface area contributed by atoms with Crippen LogP contribution in [0.5, 0.6) is 0 Å². The first-order chi connectivity index (χ1) is 13.6. The number of non-ortho nitro benzene ring substituents is 1. The molecule has 4 rings (SSSR count). The van der Waals surface area contributed by atoms with Crippen molar-refractivity contribution in [3.63, 3.8) is 0 Å². The van der Waals surface area contributed by atoms with Gasteiger partial charge in [-0.2, -0.15) is 0 Å². The van der Waals surface area contributed by atoms with E-state index in [1.54, 1.807) is 18.3 Å². The fourth-order valence-corrected chi connectivity index (χ4v) is 4.77. The molecule has 0 unspecified atom stereocenters.